The minimum Gasteiger partial charge on any atom is -0.512 e. The average molecular weight is 869 g/mol. The number of aromatic nitrogens is 1. The van der Waals surface area contributed by atoms with Crippen molar-refractivity contribution in [2.75, 3.05) is 0 Å². The predicted molar refractivity (Wildman–Crippen MR) is 208 cm³/mol. The van der Waals surface area contributed by atoms with Gasteiger partial charge in [-0.05, 0) is 76.0 Å². The van der Waals surface area contributed by atoms with Crippen molar-refractivity contribution in [3.63, 3.8) is 0 Å². The van der Waals surface area contributed by atoms with Crippen LogP contribution in [0.15, 0.2) is 78.7 Å². The van der Waals surface area contributed by atoms with E-state index in [-0.39, 0.29) is 43.5 Å². The van der Waals surface area contributed by atoms with E-state index in [1.165, 1.54) is 61.4 Å². The van der Waals surface area contributed by atoms with Crippen LogP contribution in [0.3, 0.4) is 0 Å². The Kier molecular flexibility index (Phi) is 11.9. The van der Waals surface area contributed by atoms with E-state index in [9.17, 15) is 9.90 Å². The second-order valence-corrected chi connectivity index (χ2v) is 15.9. The standard InChI is InChI=1S/C28H18NS3.C13H24O2.Ir/c1-15(2)20-13-16(26-27-18(11-12-29-26)17-7-3-5-9-21(17)30-27)14-23-24(20)25-19-8-4-6-10-22(19)31-28(25)32-23;1-5-10(6-2)12(14)9-13(15)11(7-3)8-4;/h3-13,15H,1-2H3;9-11,14H,5-8H2,1-4H3;/q-1;;/b;12-9-;. The summed E-state index contributed by atoms with van der Waals surface area (Å²) in [7, 11) is 0. The number of hydrogen-bond donors (Lipinski definition) is 1. The minimum absolute atomic E-state index is 0. The number of aliphatic hydroxyl groups excluding tert-OH is 1. The first-order valence-corrected chi connectivity index (χ1v) is 19.2. The first-order valence-electron chi connectivity index (χ1n) is 16.8. The van der Waals surface area contributed by atoms with Crippen LogP contribution in [0.1, 0.15) is 78.7 Å². The molecule has 0 spiro atoms. The Bertz CT molecular complexity index is 2230. The van der Waals surface area contributed by atoms with E-state index >= 15 is 0 Å². The first-order chi connectivity index (χ1) is 22.8. The Hall–Kier alpha value is -2.93. The van der Waals surface area contributed by atoms with Crippen LogP contribution in [0.25, 0.3) is 61.0 Å². The fourth-order valence-electron chi connectivity index (χ4n) is 6.54. The molecule has 1 radical (unpaired) electrons. The van der Waals surface area contributed by atoms with Crippen LogP contribution in [0.2, 0.25) is 0 Å². The molecular formula is C41H42IrNO2S3-. The second kappa shape index (κ2) is 15.7. The molecule has 0 aliphatic heterocycles. The van der Waals surface area contributed by atoms with E-state index in [1.54, 1.807) is 0 Å². The van der Waals surface area contributed by atoms with Gasteiger partial charge in [-0.25, -0.2) is 0 Å². The Labute approximate surface area is 309 Å². The van der Waals surface area contributed by atoms with Crippen LogP contribution in [0, 0.1) is 17.9 Å². The molecule has 3 nitrogen and oxygen atoms in total. The van der Waals surface area contributed by atoms with Crippen molar-refractivity contribution in [2.45, 2.75) is 73.1 Å². The van der Waals surface area contributed by atoms with Crippen LogP contribution in [0.4, 0.5) is 0 Å². The van der Waals surface area contributed by atoms with Crippen LogP contribution in [-0.4, -0.2) is 15.9 Å². The number of hydrogen-bond acceptors (Lipinski definition) is 6. The summed E-state index contributed by atoms with van der Waals surface area (Å²) in [6.07, 6.45) is 6.86. The molecule has 0 saturated carbocycles. The molecule has 0 unspecified atom stereocenters. The Morgan fingerprint density at radius 2 is 1.44 bits per heavy atom. The number of pyridine rings is 1. The van der Waals surface area contributed by atoms with Crippen molar-refractivity contribution in [2.24, 2.45) is 11.8 Å². The molecule has 0 saturated heterocycles. The van der Waals surface area contributed by atoms with Crippen LogP contribution >= 0.6 is 34.0 Å². The zero-order chi connectivity index (χ0) is 33.2. The summed E-state index contributed by atoms with van der Waals surface area (Å²) in [5.74, 6) is 0.968. The summed E-state index contributed by atoms with van der Waals surface area (Å²) >= 11 is 5.61. The minimum atomic E-state index is 0. The van der Waals surface area contributed by atoms with Gasteiger partial charge < -0.3 is 10.1 Å². The van der Waals surface area contributed by atoms with Gasteiger partial charge in [0.25, 0.3) is 0 Å². The summed E-state index contributed by atoms with van der Waals surface area (Å²) in [4.78, 5) is 16.6. The van der Waals surface area contributed by atoms with Gasteiger partial charge in [0.1, 0.15) is 0 Å². The fourth-order valence-corrected chi connectivity index (χ4v) is 10.4. The van der Waals surface area contributed by atoms with Crippen molar-refractivity contribution in [1.82, 2.24) is 4.98 Å². The number of carbonyl (C=O) groups is 1. The van der Waals surface area contributed by atoms with Gasteiger partial charge >= 0.3 is 0 Å². The molecule has 4 aromatic heterocycles. The number of fused-ring (bicyclic) bond motifs is 8. The van der Waals surface area contributed by atoms with Gasteiger partial charge in [-0.1, -0.05) is 83.3 Å². The van der Waals surface area contributed by atoms with Gasteiger partial charge in [0.05, 0.1) is 9.77 Å². The molecule has 4 heterocycles. The van der Waals surface area contributed by atoms with Crippen LogP contribution in [0.5, 0.6) is 0 Å². The van der Waals surface area contributed by atoms with Crippen LogP contribution < -0.4 is 0 Å². The summed E-state index contributed by atoms with van der Waals surface area (Å²) in [5.41, 5.74) is 3.55. The first kappa shape index (κ1) is 36.4. The third kappa shape index (κ3) is 6.90. The predicted octanol–water partition coefficient (Wildman–Crippen LogP) is 13.5. The van der Waals surface area contributed by atoms with Crippen molar-refractivity contribution in [1.29, 1.82) is 0 Å². The summed E-state index contributed by atoms with van der Waals surface area (Å²) < 4.78 is 6.57. The number of thiophene rings is 3. The van der Waals surface area contributed by atoms with Gasteiger partial charge in [0.2, 0.25) is 0 Å². The van der Waals surface area contributed by atoms with Crippen molar-refractivity contribution in [3.8, 4) is 11.3 Å². The van der Waals surface area contributed by atoms with Crippen molar-refractivity contribution >= 4 is 89.5 Å². The number of nitrogens with zero attached hydrogens (tertiary/aromatic N) is 1. The third-order valence-corrected chi connectivity index (χ3v) is 12.9. The maximum absolute atomic E-state index is 11.7. The van der Waals surface area contributed by atoms with Crippen LogP contribution in [-0.2, 0) is 24.9 Å². The number of ketones is 1. The van der Waals surface area contributed by atoms with Gasteiger partial charge in [0.15, 0.2) is 5.78 Å². The van der Waals surface area contributed by atoms with Gasteiger partial charge in [-0.3, -0.25) is 4.79 Å². The molecule has 3 aromatic carbocycles. The Morgan fingerprint density at radius 1 is 0.812 bits per heavy atom. The molecular weight excluding hydrogens is 827 g/mol. The fraction of sp³-hybridized carbons (Fsp3) is 0.317. The SMILES string of the molecule is CC(C)c1cc(-c2nccc3c2sc2ccccc23)[c-]c2sc3sc4ccccc4c3c12.CCC(CC)C(=O)/C=C(\O)C(CC)CC.[Ir]. The van der Waals surface area contributed by atoms with Crippen molar-refractivity contribution in [3.05, 3.63) is 90.3 Å². The molecule has 0 amide bonds. The maximum atomic E-state index is 11.7. The van der Waals surface area contributed by atoms with E-state index < -0.39 is 0 Å². The molecule has 48 heavy (non-hydrogen) atoms. The number of benzene rings is 3. The van der Waals surface area contributed by atoms with E-state index in [2.05, 4.69) is 80.6 Å². The van der Waals surface area contributed by atoms with E-state index in [4.69, 9.17) is 4.98 Å². The van der Waals surface area contributed by atoms with E-state index in [1.807, 2.05) is 67.9 Å². The topological polar surface area (TPSA) is 50.2 Å². The summed E-state index contributed by atoms with van der Waals surface area (Å²) in [6, 6.07) is 25.7. The van der Waals surface area contributed by atoms with E-state index in [0.29, 0.717) is 5.92 Å². The zero-order valence-electron chi connectivity index (χ0n) is 28.3. The average Bonchev–Trinajstić information content (AvgIpc) is 3.75. The molecule has 0 fully saturated rings. The third-order valence-electron chi connectivity index (χ3n) is 9.32. The summed E-state index contributed by atoms with van der Waals surface area (Å²) in [5, 5.41) is 16.5. The number of carbonyl (C=O) groups excluding carboxylic acids is 1. The number of allylic oxidation sites excluding steroid dienone is 2. The molecule has 7 aromatic rings. The maximum Gasteiger partial charge on any atom is 0.162 e. The molecule has 1 N–H and O–H groups in total. The zero-order valence-corrected chi connectivity index (χ0v) is 33.2. The molecule has 7 heteroatoms. The largest absolute Gasteiger partial charge is 0.512 e. The normalized spacial score (nSPS) is 12.1. The second-order valence-electron chi connectivity index (χ2n) is 12.5. The van der Waals surface area contributed by atoms with Gasteiger partial charge in [-0.15, -0.1) is 57.3 Å². The van der Waals surface area contributed by atoms with E-state index in [0.717, 1.165) is 36.9 Å². The number of aliphatic hydroxyl groups is 1. The molecule has 0 aliphatic carbocycles. The smallest absolute Gasteiger partial charge is 0.162 e. The molecule has 7 rings (SSSR count). The molecule has 251 valence electrons. The quantitative estimate of drug-likeness (QED) is 0.0893. The monoisotopic (exact) mass is 869 g/mol. The number of rotatable bonds is 9. The Balaban J connectivity index is 0.000000243. The molecule has 0 aliphatic rings. The summed E-state index contributed by atoms with van der Waals surface area (Å²) in [6.45, 7) is 12.7. The Morgan fingerprint density at radius 3 is 2.08 bits per heavy atom. The molecule has 0 bridgehead atoms. The molecule has 0 atom stereocenters. The van der Waals surface area contributed by atoms with Crippen molar-refractivity contribution < 1.29 is 30.0 Å². The van der Waals surface area contributed by atoms with Gasteiger partial charge in [-0.2, -0.15) is 0 Å². The van der Waals surface area contributed by atoms with Gasteiger partial charge in [0, 0.05) is 64.0 Å².